The van der Waals surface area contributed by atoms with Gasteiger partial charge in [-0.2, -0.15) is 0 Å². The van der Waals surface area contributed by atoms with Gasteiger partial charge >= 0.3 is 6.03 Å². The first kappa shape index (κ1) is 19.4. The SMILES string of the molecule is CNC(=O)c1ccccc1NC(=O)C1CCN(C(=O)Nc2ccccc2)CC1. The highest BCUT2D eigenvalue weighted by atomic mass is 16.2. The molecular formula is C21H24N4O3. The Morgan fingerprint density at radius 2 is 1.54 bits per heavy atom. The highest BCUT2D eigenvalue weighted by Crippen LogP contribution is 2.22. The van der Waals surface area contributed by atoms with Crippen LogP contribution in [0.1, 0.15) is 23.2 Å². The highest BCUT2D eigenvalue weighted by Gasteiger charge is 2.28. The normalized spacial score (nSPS) is 14.2. The Morgan fingerprint density at radius 3 is 2.21 bits per heavy atom. The summed E-state index contributed by atoms with van der Waals surface area (Å²) < 4.78 is 0. The maximum Gasteiger partial charge on any atom is 0.321 e. The summed E-state index contributed by atoms with van der Waals surface area (Å²) in [5.41, 5.74) is 1.67. The van der Waals surface area contributed by atoms with Gasteiger partial charge in [-0.15, -0.1) is 0 Å². The van der Waals surface area contributed by atoms with Gasteiger partial charge in [0.25, 0.3) is 5.91 Å². The fraction of sp³-hybridized carbons (Fsp3) is 0.286. The molecule has 0 aromatic heterocycles. The molecule has 28 heavy (non-hydrogen) atoms. The zero-order valence-electron chi connectivity index (χ0n) is 15.8. The Labute approximate surface area is 164 Å². The second-order valence-corrected chi connectivity index (χ2v) is 6.67. The van der Waals surface area contributed by atoms with Crippen molar-refractivity contribution in [3.63, 3.8) is 0 Å². The van der Waals surface area contributed by atoms with Gasteiger partial charge in [0.1, 0.15) is 0 Å². The number of piperidine rings is 1. The molecule has 0 unspecified atom stereocenters. The average Bonchev–Trinajstić information content (AvgIpc) is 2.74. The lowest BCUT2D eigenvalue weighted by Gasteiger charge is -2.31. The van der Waals surface area contributed by atoms with Gasteiger partial charge in [-0.05, 0) is 37.1 Å². The summed E-state index contributed by atoms with van der Waals surface area (Å²) in [5, 5.41) is 8.30. The summed E-state index contributed by atoms with van der Waals surface area (Å²) in [6.45, 7) is 1.02. The van der Waals surface area contributed by atoms with Gasteiger partial charge in [-0.1, -0.05) is 30.3 Å². The van der Waals surface area contributed by atoms with Gasteiger partial charge in [-0.25, -0.2) is 4.79 Å². The predicted octanol–water partition coefficient (Wildman–Crippen LogP) is 2.93. The van der Waals surface area contributed by atoms with E-state index >= 15 is 0 Å². The monoisotopic (exact) mass is 380 g/mol. The Balaban J connectivity index is 1.54. The molecule has 0 atom stereocenters. The Hall–Kier alpha value is -3.35. The van der Waals surface area contributed by atoms with Gasteiger partial charge in [0, 0.05) is 31.7 Å². The molecule has 146 valence electrons. The van der Waals surface area contributed by atoms with Crippen molar-refractivity contribution in [2.75, 3.05) is 30.8 Å². The van der Waals surface area contributed by atoms with E-state index in [4.69, 9.17) is 0 Å². The van der Waals surface area contributed by atoms with Crippen molar-refractivity contribution < 1.29 is 14.4 Å². The molecule has 1 fully saturated rings. The number of carbonyl (C=O) groups excluding carboxylic acids is 3. The van der Waals surface area contributed by atoms with Crippen LogP contribution in [0.5, 0.6) is 0 Å². The molecule has 0 radical (unpaired) electrons. The van der Waals surface area contributed by atoms with Crippen molar-refractivity contribution >= 4 is 29.2 Å². The predicted molar refractivity (Wildman–Crippen MR) is 108 cm³/mol. The Bertz CT molecular complexity index is 846. The number of nitrogens with one attached hydrogen (secondary N) is 3. The van der Waals surface area contributed by atoms with E-state index in [2.05, 4.69) is 16.0 Å². The highest BCUT2D eigenvalue weighted by molar-refractivity contribution is 6.04. The number of urea groups is 1. The van der Waals surface area contributed by atoms with Gasteiger partial charge < -0.3 is 20.9 Å². The topological polar surface area (TPSA) is 90.5 Å². The maximum atomic E-state index is 12.6. The van der Waals surface area contributed by atoms with Crippen LogP contribution in [0.2, 0.25) is 0 Å². The van der Waals surface area contributed by atoms with Gasteiger partial charge in [0.05, 0.1) is 11.3 Å². The molecule has 3 N–H and O–H groups in total. The van der Waals surface area contributed by atoms with Crippen molar-refractivity contribution in [2.45, 2.75) is 12.8 Å². The van der Waals surface area contributed by atoms with Crippen molar-refractivity contribution in [2.24, 2.45) is 5.92 Å². The number of anilines is 2. The minimum Gasteiger partial charge on any atom is -0.355 e. The summed E-state index contributed by atoms with van der Waals surface area (Å²) in [6.07, 6.45) is 1.16. The zero-order valence-corrected chi connectivity index (χ0v) is 15.8. The smallest absolute Gasteiger partial charge is 0.321 e. The maximum absolute atomic E-state index is 12.6. The summed E-state index contributed by atoms with van der Waals surface area (Å²) in [7, 11) is 1.55. The van der Waals surface area contributed by atoms with Crippen molar-refractivity contribution in [3.8, 4) is 0 Å². The number of amides is 4. The van der Waals surface area contributed by atoms with Crippen LogP contribution in [0.15, 0.2) is 54.6 Å². The summed E-state index contributed by atoms with van der Waals surface area (Å²) in [5.74, 6) is -0.568. The minimum atomic E-state index is -0.247. The first-order chi connectivity index (χ1) is 13.6. The fourth-order valence-corrected chi connectivity index (χ4v) is 3.23. The summed E-state index contributed by atoms with van der Waals surface area (Å²) in [4.78, 5) is 38.7. The lowest BCUT2D eigenvalue weighted by molar-refractivity contribution is -0.121. The molecule has 1 aliphatic rings. The summed E-state index contributed by atoms with van der Waals surface area (Å²) >= 11 is 0. The molecule has 7 nitrogen and oxygen atoms in total. The fourth-order valence-electron chi connectivity index (χ4n) is 3.23. The molecular weight excluding hydrogens is 356 g/mol. The molecule has 4 amide bonds. The van der Waals surface area contributed by atoms with E-state index in [1.165, 1.54) is 0 Å². The third kappa shape index (κ3) is 4.68. The number of nitrogens with zero attached hydrogens (tertiary/aromatic N) is 1. The quantitative estimate of drug-likeness (QED) is 0.762. The van der Waals surface area contributed by atoms with Crippen LogP contribution >= 0.6 is 0 Å². The lowest BCUT2D eigenvalue weighted by Crippen LogP contribution is -2.43. The van der Waals surface area contributed by atoms with E-state index in [1.54, 1.807) is 36.2 Å². The van der Waals surface area contributed by atoms with Crippen LogP contribution in [-0.4, -0.2) is 42.9 Å². The Morgan fingerprint density at radius 1 is 0.893 bits per heavy atom. The van der Waals surface area contributed by atoms with Crippen LogP contribution < -0.4 is 16.0 Å². The number of para-hydroxylation sites is 2. The van der Waals surface area contributed by atoms with Crippen molar-refractivity contribution in [3.05, 3.63) is 60.2 Å². The van der Waals surface area contributed by atoms with Crippen LogP contribution in [0, 0.1) is 5.92 Å². The van der Waals surface area contributed by atoms with E-state index in [1.807, 2.05) is 30.3 Å². The van der Waals surface area contributed by atoms with E-state index in [0.717, 1.165) is 5.69 Å². The third-order valence-electron chi connectivity index (χ3n) is 4.83. The van der Waals surface area contributed by atoms with Crippen LogP contribution in [0.4, 0.5) is 16.2 Å². The second kappa shape index (κ2) is 9.03. The van der Waals surface area contributed by atoms with E-state index in [9.17, 15) is 14.4 Å². The molecule has 2 aromatic carbocycles. The molecule has 3 rings (SSSR count). The third-order valence-corrected chi connectivity index (χ3v) is 4.83. The number of benzene rings is 2. The molecule has 7 heteroatoms. The van der Waals surface area contributed by atoms with E-state index in [0.29, 0.717) is 37.2 Å². The second-order valence-electron chi connectivity index (χ2n) is 6.67. The first-order valence-electron chi connectivity index (χ1n) is 9.31. The van der Waals surface area contributed by atoms with Gasteiger partial charge in [0.2, 0.25) is 5.91 Å². The average molecular weight is 380 g/mol. The van der Waals surface area contributed by atoms with Crippen LogP contribution in [0.3, 0.4) is 0 Å². The number of carbonyl (C=O) groups is 3. The number of likely N-dealkylation sites (tertiary alicyclic amines) is 1. The molecule has 2 aromatic rings. The standard InChI is InChI=1S/C21H24N4O3/c1-22-20(27)17-9-5-6-10-18(17)24-19(26)15-11-13-25(14-12-15)21(28)23-16-7-3-2-4-8-16/h2-10,15H,11-14H2,1H3,(H,22,27)(H,23,28)(H,24,26). The van der Waals surface area contributed by atoms with E-state index in [-0.39, 0.29) is 23.8 Å². The Kier molecular flexibility index (Phi) is 6.26. The molecule has 1 heterocycles. The lowest BCUT2D eigenvalue weighted by atomic mass is 9.96. The van der Waals surface area contributed by atoms with Gasteiger partial charge in [0.15, 0.2) is 0 Å². The molecule has 0 aliphatic carbocycles. The van der Waals surface area contributed by atoms with Crippen LogP contribution in [0.25, 0.3) is 0 Å². The molecule has 1 saturated heterocycles. The molecule has 0 saturated carbocycles. The molecule has 0 bridgehead atoms. The van der Waals surface area contributed by atoms with E-state index < -0.39 is 0 Å². The van der Waals surface area contributed by atoms with Gasteiger partial charge in [-0.3, -0.25) is 9.59 Å². The zero-order chi connectivity index (χ0) is 19.9. The van der Waals surface area contributed by atoms with Crippen molar-refractivity contribution in [1.82, 2.24) is 10.2 Å². The molecule has 1 aliphatic heterocycles. The summed E-state index contributed by atoms with van der Waals surface area (Å²) in [6, 6.07) is 16.0. The number of rotatable bonds is 4. The van der Waals surface area contributed by atoms with Crippen LogP contribution in [-0.2, 0) is 4.79 Å². The van der Waals surface area contributed by atoms with Crippen molar-refractivity contribution in [1.29, 1.82) is 0 Å². The largest absolute Gasteiger partial charge is 0.355 e. The minimum absolute atomic E-state index is 0.125. The number of hydrogen-bond acceptors (Lipinski definition) is 3. The number of hydrogen-bond donors (Lipinski definition) is 3. The molecule has 0 spiro atoms. The first-order valence-corrected chi connectivity index (χ1v) is 9.31.